The molecule has 0 aliphatic heterocycles. The van der Waals surface area contributed by atoms with Gasteiger partial charge < -0.3 is 10.4 Å². The highest BCUT2D eigenvalue weighted by atomic mass is 79.9. The Hall–Kier alpha value is -1.36. The molecule has 0 aliphatic rings. The molecule has 0 fully saturated rings. The van der Waals surface area contributed by atoms with Crippen LogP contribution in [0.1, 0.15) is 12.5 Å². The number of carboxylic acids is 1. The SMILES string of the molecule is CC(NC(=O)[C@@H](CBr)Cc1ccccc1)C(=O)O. The van der Waals surface area contributed by atoms with Crippen molar-refractivity contribution in [1.82, 2.24) is 5.32 Å². The molecule has 0 spiro atoms. The van der Waals surface area contributed by atoms with Crippen LogP contribution in [0.4, 0.5) is 0 Å². The molecule has 0 aromatic heterocycles. The highest BCUT2D eigenvalue weighted by molar-refractivity contribution is 9.09. The molecule has 2 atom stereocenters. The van der Waals surface area contributed by atoms with E-state index in [9.17, 15) is 9.59 Å². The van der Waals surface area contributed by atoms with Crippen LogP contribution in [0, 0.1) is 5.92 Å². The molecule has 1 aromatic carbocycles. The molecule has 1 aromatic rings. The van der Waals surface area contributed by atoms with E-state index in [4.69, 9.17) is 5.11 Å². The molecular weight excluding hydrogens is 298 g/mol. The predicted molar refractivity (Wildman–Crippen MR) is 72.7 cm³/mol. The van der Waals surface area contributed by atoms with Crippen molar-refractivity contribution in [2.24, 2.45) is 5.92 Å². The van der Waals surface area contributed by atoms with Crippen LogP contribution < -0.4 is 5.32 Å². The van der Waals surface area contributed by atoms with E-state index in [0.717, 1.165) is 5.56 Å². The molecule has 0 heterocycles. The molecule has 0 bridgehead atoms. The molecule has 0 saturated heterocycles. The molecular formula is C13H16BrNO3. The Morgan fingerprint density at radius 3 is 2.44 bits per heavy atom. The second-order valence-corrected chi connectivity index (χ2v) is 4.76. The maximum Gasteiger partial charge on any atom is 0.325 e. The smallest absolute Gasteiger partial charge is 0.325 e. The largest absolute Gasteiger partial charge is 0.480 e. The summed E-state index contributed by atoms with van der Waals surface area (Å²) in [6, 6.07) is 8.78. The van der Waals surface area contributed by atoms with Gasteiger partial charge in [-0.15, -0.1) is 0 Å². The van der Waals surface area contributed by atoms with Gasteiger partial charge in [-0.2, -0.15) is 0 Å². The molecule has 98 valence electrons. The number of rotatable bonds is 6. The summed E-state index contributed by atoms with van der Waals surface area (Å²) >= 11 is 3.29. The minimum Gasteiger partial charge on any atom is -0.480 e. The van der Waals surface area contributed by atoms with Crippen molar-refractivity contribution in [3.63, 3.8) is 0 Å². The Bertz CT molecular complexity index is 408. The average Bonchev–Trinajstić information content (AvgIpc) is 2.36. The van der Waals surface area contributed by atoms with E-state index in [2.05, 4.69) is 21.2 Å². The number of aliphatic carboxylic acids is 1. The maximum absolute atomic E-state index is 11.9. The van der Waals surface area contributed by atoms with Crippen LogP contribution >= 0.6 is 15.9 Å². The lowest BCUT2D eigenvalue weighted by molar-refractivity contribution is -0.141. The first kappa shape index (κ1) is 14.7. The minimum atomic E-state index is -1.03. The fourth-order valence-corrected chi connectivity index (χ4v) is 2.03. The monoisotopic (exact) mass is 313 g/mol. The second kappa shape index (κ2) is 7.16. The van der Waals surface area contributed by atoms with Gasteiger partial charge in [0.25, 0.3) is 0 Å². The Kier molecular flexibility index (Phi) is 5.85. The summed E-state index contributed by atoms with van der Waals surface area (Å²) in [5.41, 5.74) is 1.06. The van der Waals surface area contributed by atoms with Crippen molar-refractivity contribution in [2.45, 2.75) is 19.4 Å². The summed E-state index contributed by atoms with van der Waals surface area (Å²) < 4.78 is 0. The van der Waals surface area contributed by atoms with Crippen molar-refractivity contribution in [1.29, 1.82) is 0 Å². The number of amides is 1. The standard InChI is InChI=1S/C13H16BrNO3/c1-9(13(17)18)15-12(16)11(8-14)7-10-5-3-2-4-6-10/h2-6,9,11H,7-8H2,1H3,(H,15,16)(H,17,18)/t9?,11-/m1/s1. The van der Waals surface area contributed by atoms with Crippen LogP contribution in [0.2, 0.25) is 0 Å². The van der Waals surface area contributed by atoms with Gasteiger partial charge >= 0.3 is 5.97 Å². The van der Waals surface area contributed by atoms with Gasteiger partial charge in [0.1, 0.15) is 6.04 Å². The normalized spacial score (nSPS) is 13.7. The highest BCUT2D eigenvalue weighted by Gasteiger charge is 2.21. The van der Waals surface area contributed by atoms with Crippen LogP contribution in [0.5, 0.6) is 0 Å². The van der Waals surface area contributed by atoms with Crippen molar-refractivity contribution in [3.8, 4) is 0 Å². The van der Waals surface area contributed by atoms with E-state index < -0.39 is 12.0 Å². The van der Waals surface area contributed by atoms with Gasteiger partial charge in [0.2, 0.25) is 5.91 Å². The molecule has 1 amide bonds. The van der Waals surface area contributed by atoms with Gasteiger partial charge in [-0.05, 0) is 18.9 Å². The summed E-state index contributed by atoms with van der Waals surface area (Å²) in [6.07, 6.45) is 0.588. The van der Waals surface area contributed by atoms with Crippen molar-refractivity contribution in [3.05, 3.63) is 35.9 Å². The molecule has 5 heteroatoms. The average molecular weight is 314 g/mol. The zero-order chi connectivity index (χ0) is 13.5. The maximum atomic E-state index is 11.9. The number of alkyl halides is 1. The first-order chi connectivity index (χ1) is 8.54. The number of nitrogens with one attached hydrogen (secondary N) is 1. The lowest BCUT2D eigenvalue weighted by atomic mass is 10.00. The number of hydrogen-bond acceptors (Lipinski definition) is 2. The zero-order valence-electron chi connectivity index (χ0n) is 10.1. The van der Waals surface area contributed by atoms with Gasteiger partial charge in [0.15, 0.2) is 0 Å². The Morgan fingerprint density at radius 1 is 1.33 bits per heavy atom. The van der Waals surface area contributed by atoms with Crippen LogP contribution in [-0.4, -0.2) is 28.4 Å². The van der Waals surface area contributed by atoms with E-state index in [1.165, 1.54) is 6.92 Å². The fourth-order valence-electron chi connectivity index (χ4n) is 1.51. The molecule has 0 aliphatic carbocycles. The van der Waals surface area contributed by atoms with Crippen LogP contribution in [0.3, 0.4) is 0 Å². The predicted octanol–water partition coefficient (Wildman–Crippen LogP) is 1.83. The molecule has 2 N–H and O–H groups in total. The molecule has 4 nitrogen and oxygen atoms in total. The van der Waals surface area contributed by atoms with Gasteiger partial charge in [0.05, 0.1) is 5.92 Å². The van der Waals surface area contributed by atoms with Crippen LogP contribution in [-0.2, 0) is 16.0 Å². The van der Waals surface area contributed by atoms with E-state index >= 15 is 0 Å². The van der Waals surface area contributed by atoms with Crippen LogP contribution in [0.15, 0.2) is 30.3 Å². The number of hydrogen-bond donors (Lipinski definition) is 2. The summed E-state index contributed by atoms with van der Waals surface area (Å²) in [5, 5.41) is 11.7. The van der Waals surface area contributed by atoms with Gasteiger partial charge in [-0.1, -0.05) is 46.3 Å². The molecule has 0 saturated carbocycles. The second-order valence-electron chi connectivity index (χ2n) is 4.11. The van der Waals surface area contributed by atoms with E-state index in [0.29, 0.717) is 11.8 Å². The lowest BCUT2D eigenvalue weighted by Gasteiger charge is -2.16. The number of carbonyl (C=O) groups is 2. The van der Waals surface area contributed by atoms with Crippen molar-refractivity contribution >= 4 is 27.8 Å². The first-order valence-electron chi connectivity index (χ1n) is 5.67. The summed E-state index contributed by atoms with van der Waals surface area (Å²) in [4.78, 5) is 22.6. The number of halogens is 1. The first-order valence-corrected chi connectivity index (χ1v) is 6.79. The van der Waals surface area contributed by atoms with Gasteiger partial charge in [-0.3, -0.25) is 9.59 Å². The quantitative estimate of drug-likeness (QED) is 0.787. The van der Waals surface area contributed by atoms with Crippen molar-refractivity contribution < 1.29 is 14.7 Å². The summed E-state index contributed by atoms with van der Waals surface area (Å²) in [7, 11) is 0. The topological polar surface area (TPSA) is 66.4 Å². The number of carbonyl (C=O) groups excluding carboxylic acids is 1. The summed E-state index contributed by atoms with van der Waals surface area (Å²) in [6.45, 7) is 1.45. The Morgan fingerprint density at radius 2 is 1.94 bits per heavy atom. The van der Waals surface area contributed by atoms with E-state index in [1.54, 1.807) is 0 Å². The van der Waals surface area contributed by atoms with Crippen molar-refractivity contribution in [2.75, 3.05) is 5.33 Å². The Labute approximate surface area is 115 Å². The Balaban J connectivity index is 2.61. The third-order valence-corrected chi connectivity index (χ3v) is 3.39. The van der Waals surface area contributed by atoms with Gasteiger partial charge in [-0.25, -0.2) is 0 Å². The zero-order valence-corrected chi connectivity index (χ0v) is 11.7. The third kappa shape index (κ3) is 4.49. The number of benzene rings is 1. The third-order valence-electron chi connectivity index (χ3n) is 2.61. The van der Waals surface area contributed by atoms with Crippen LogP contribution in [0.25, 0.3) is 0 Å². The minimum absolute atomic E-state index is 0.245. The molecule has 18 heavy (non-hydrogen) atoms. The molecule has 1 rings (SSSR count). The molecule has 0 radical (unpaired) electrons. The summed E-state index contributed by atoms with van der Waals surface area (Å²) in [5.74, 6) is -1.55. The highest BCUT2D eigenvalue weighted by Crippen LogP contribution is 2.11. The number of carboxylic acid groups (broad SMARTS) is 1. The lowest BCUT2D eigenvalue weighted by Crippen LogP contribution is -2.42. The molecule has 1 unspecified atom stereocenters. The fraction of sp³-hybridized carbons (Fsp3) is 0.385. The van der Waals surface area contributed by atoms with E-state index in [1.807, 2.05) is 30.3 Å². The van der Waals surface area contributed by atoms with Gasteiger partial charge in [0, 0.05) is 5.33 Å². The van der Waals surface area contributed by atoms with E-state index in [-0.39, 0.29) is 11.8 Å².